The maximum atomic E-state index is 12.6. The molecule has 3 aliphatic rings. The lowest BCUT2D eigenvalue weighted by atomic mass is 9.79. The molecule has 0 unspecified atom stereocenters. The van der Waals surface area contributed by atoms with Crippen LogP contribution < -0.4 is 10.6 Å². The van der Waals surface area contributed by atoms with Gasteiger partial charge in [0, 0.05) is 31.2 Å². The van der Waals surface area contributed by atoms with Crippen molar-refractivity contribution in [3.05, 3.63) is 59.3 Å². The molecule has 1 aromatic heterocycles. The van der Waals surface area contributed by atoms with Gasteiger partial charge < -0.3 is 25.2 Å². The van der Waals surface area contributed by atoms with Crippen LogP contribution in [-0.2, 0) is 27.1 Å². The summed E-state index contributed by atoms with van der Waals surface area (Å²) in [6.45, 7) is 1.29. The SMILES string of the molecule is O=C(N[C@@H](CCOC1CC(CCc2ccc3c(n2)NCCC3)C1)C(=O)O)O[C@@H]1CCCC[C@H]1c1ccccc1. The molecule has 39 heavy (non-hydrogen) atoms. The molecule has 0 bridgehead atoms. The summed E-state index contributed by atoms with van der Waals surface area (Å²) >= 11 is 0. The summed E-state index contributed by atoms with van der Waals surface area (Å²) in [7, 11) is 0. The molecule has 5 rings (SSSR count). The molecule has 0 spiro atoms. The fourth-order valence-corrected chi connectivity index (χ4v) is 6.15. The van der Waals surface area contributed by atoms with Crippen molar-refractivity contribution in [2.24, 2.45) is 5.92 Å². The van der Waals surface area contributed by atoms with Gasteiger partial charge in [-0.3, -0.25) is 0 Å². The number of rotatable bonds is 11. The van der Waals surface area contributed by atoms with E-state index in [1.165, 1.54) is 12.0 Å². The Morgan fingerprint density at radius 2 is 1.90 bits per heavy atom. The number of benzene rings is 1. The predicted molar refractivity (Wildman–Crippen MR) is 149 cm³/mol. The van der Waals surface area contributed by atoms with E-state index in [-0.39, 0.29) is 24.5 Å². The molecule has 3 atom stereocenters. The number of carbonyl (C=O) groups is 2. The minimum Gasteiger partial charge on any atom is -0.480 e. The van der Waals surface area contributed by atoms with Crippen molar-refractivity contribution in [3.8, 4) is 0 Å². The highest BCUT2D eigenvalue weighted by Gasteiger charge is 2.32. The largest absolute Gasteiger partial charge is 0.480 e. The van der Waals surface area contributed by atoms with Crippen LogP contribution in [0.15, 0.2) is 42.5 Å². The molecule has 8 heteroatoms. The van der Waals surface area contributed by atoms with Gasteiger partial charge in [0.2, 0.25) is 0 Å². The first-order chi connectivity index (χ1) is 19.0. The normalized spacial score (nSPS) is 24.9. The van der Waals surface area contributed by atoms with E-state index in [4.69, 9.17) is 14.5 Å². The molecule has 3 N–H and O–H groups in total. The van der Waals surface area contributed by atoms with Crippen molar-refractivity contribution in [2.45, 2.75) is 94.8 Å². The highest BCUT2D eigenvalue weighted by atomic mass is 16.6. The zero-order chi connectivity index (χ0) is 27.0. The molecule has 8 nitrogen and oxygen atoms in total. The quantitative estimate of drug-likeness (QED) is 0.350. The molecule has 1 aromatic carbocycles. The Balaban J connectivity index is 1.00. The second-order valence-corrected chi connectivity index (χ2v) is 11.3. The monoisotopic (exact) mass is 535 g/mol. The number of fused-ring (bicyclic) bond motifs is 1. The van der Waals surface area contributed by atoms with Crippen molar-refractivity contribution in [2.75, 3.05) is 18.5 Å². The lowest BCUT2D eigenvalue weighted by Crippen LogP contribution is -2.44. The molecule has 210 valence electrons. The molecule has 1 amide bonds. The van der Waals surface area contributed by atoms with E-state index in [1.54, 1.807) is 0 Å². The van der Waals surface area contributed by atoms with E-state index in [9.17, 15) is 14.7 Å². The molecule has 1 aliphatic heterocycles. The van der Waals surface area contributed by atoms with E-state index in [0.717, 1.165) is 81.4 Å². The minimum absolute atomic E-state index is 0.142. The van der Waals surface area contributed by atoms with Gasteiger partial charge in [-0.25, -0.2) is 14.6 Å². The molecular weight excluding hydrogens is 494 g/mol. The van der Waals surface area contributed by atoms with Gasteiger partial charge in [-0.05, 0) is 80.9 Å². The molecule has 2 aromatic rings. The Hall–Kier alpha value is -3.13. The van der Waals surface area contributed by atoms with Gasteiger partial charge in [-0.1, -0.05) is 42.8 Å². The average molecular weight is 536 g/mol. The number of carboxylic acids is 1. The van der Waals surface area contributed by atoms with Gasteiger partial charge >= 0.3 is 12.1 Å². The number of hydrogen-bond donors (Lipinski definition) is 3. The van der Waals surface area contributed by atoms with Crippen molar-refractivity contribution in [3.63, 3.8) is 0 Å². The third-order valence-corrected chi connectivity index (χ3v) is 8.49. The van der Waals surface area contributed by atoms with Gasteiger partial charge in [0.05, 0.1) is 6.10 Å². The maximum Gasteiger partial charge on any atom is 0.408 e. The van der Waals surface area contributed by atoms with E-state index in [1.807, 2.05) is 18.2 Å². The molecular formula is C31H41N3O5. The number of aromatic nitrogens is 1. The summed E-state index contributed by atoms with van der Waals surface area (Å²) in [4.78, 5) is 29.2. The van der Waals surface area contributed by atoms with Crippen molar-refractivity contribution < 1.29 is 24.2 Å². The molecule has 0 radical (unpaired) electrons. The van der Waals surface area contributed by atoms with Crippen LogP contribution in [0.5, 0.6) is 0 Å². The number of nitrogens with one attached hydrogen (secondary N) is 2. The number of amides is 1. The fourth-order valence-electron chi connectivity index (χ4n) is 6.15. The topological polar surface area (TPSA) is 110 Å². The Labute approximate surface area is 230 Å². The molecule has 2 heterocycles. The average Bonchev–Trinajstić information content (AvgIpc) is 2.93. The van der Waals surface area contributed by atoms with E-state index in [2.05, 4.69) is 34.9 Å². The number of carbonyl (C=O) groups excluding carboxylic acids is 1. The standard InChI is InChI=1S/C31H41N3O5/c35-30(36)27(34-31(37)39-28-11-5-4-10-26(28)22-7-2-1-3-8-22)16-18-38-25-19-21(20-25)12-14-24-15-13-23-9-6-17-32-29(23)33-24/h1-3,7-8,13,15,21,25-28H,4-6,9-12,14,16-20H2,(H,32,33)(H,34,37)(H,35,36)/t21?,25?,26-,27-,28+/m0/s1. The number of carboxylic acid groups (broad SMARTS) is 1. The van der Waals surface area contributed by atoms with E-state index < -0.39 is 18.1 Å². The summed E-state index contributed by atoms with van der Waals surface area (Å²) in [5, 5.41) is 15.6. The zero-order valence-corrected chi connectivity index (χ0v) is 22.6. The van der Waals surface area contributed by atoms with Crippen LogP contribution in [0.2, 0.25) is 0 Å². The van der Waals surface area contributed by atoms with Crippen LogP contribution in [0.25, 0.3) is 0 Å². The highest BCUT2D eigenvalue weighted by Crippen LogP contribution is 2.35. The second-order valence-electron chi connectivity index (χ2n) is 11.3. The van der Waals surface area contributed by atoms with Crippen molar-refractivity contribution >= 4 is 17.9 Å². The lowest BCUT2D eigenvalue weighted by Gasteiger charge is -2.35. The summed E-state index contributed by atoms with van der Waals surface area (Å²) < 4.78 is 11.7. The van der Waals surface area contributed by atoms with Crippen molar-refractivity contribution in [1.29, 1.82) is 0 Å². The van der Waals surface area contributed by atoms with Crippen LogP contribution in [0.3, 0.4) is 0 Å². The molecule has 2 saturated carbocycles. The Kier molecular flexibility index (Phi) is 9.35. The molecule has 0 saturated heterocycles. The van der Waals surface area contributed by atoms with Gasteiger partial charge in [0.25, 0.3) is 0 Å². The van der Waals surface area contributed by atoms with E-state index >= 15 is 0 Å². The first-order valence-corrected chi connectivity index (χ1v) is 14.6. The first kappa shape index (κ1) is 27.4. The maximum absolute atomic E-state index is 12.6. The van der Waals surface area contributed by atoms with Gasteiger partial charge in [-0.15, -0.1) is 0 Å². The number of hydrogen-bond acceptors (Lipinski definition) is 6. The third-order valence-electron chi connectivity index (χ3n) is 8.49. The Morgan fingerprint density at radius 3 is 2.72 bits per heavy atom. The lowest BCUT2D eigenvalue weighted by molar-refractivity contribution is -0.140. The van der Waals surface area contributed by atoms with Crippen molar-refractivity contribution in [1.82, 2.24) is 10.3 Å². The number of anilines is 1. The Morgan fingerprint density at radius 1 is 1.08 bits per heavy atom. The summed E-state index contributed by atoms with van der Waals surface area (Å²) in [6, 6.07) is 13.4. The number of pyridine rings is 1. The first-order valence-electron chi connectivity index (χ1n) is 14.6. The van der Waals surface area contributed by atoms with Crippen LogP contribution >= 0.6 is 0 Å². The van der Waals surface area contributed by atoms with Gasteiger partial charge in [0.1, 0.15) is 18.0 Å². The second kappa shape index (κ2) is 13.3. The number of nitrogens with zero attached hydrogens (tertiary/aromatic N) is 1. The number of ether oxygens (including phenoxy) is 2. The fraction of sp³-hybridized carbons (Fsp3) is 0.581. The molecule has 2 fully saturated rings. The van der Waals surface area contributed by atoms with Crippen LogP contribution in [0.1, 0.15) is 80.5 Å². The smallest absolute Gasteiger partial charge is 0.408 e. The number of aryl methyl sites for hydroxylation is 2. The minimum atomic E-state index is -1.07. The van der Waals surface area contributed by atoms with Crippen LogP contribution in [0.4, 0.5) is 10.6 Å². The van der Waals surface area contributed by atoms with Gasteiger partial charge in [-0.2, -0.15) is 0 Å². The van der Waals surface area contributed by atoms with Gasteiger partial charge in [0.15, 0.2) is 0 Å². The summed E-state index contributed by atoms with van der Waals surface area (Å²) in [6.07, 6.45) is 9.60. The number of aliphatic carboxylic acids is 1. The van der Waals surface area contributed by atoms with E-state index in [0.29, 0.717) is 12.5 Å². The molecule has 2 aliphatic carbocycles. The predicted octanol–water partition coefficient (Wildman–Crippen LogP) is 5.46. The third kappa shape index (κ3) is 7.50. The van der Waals surface area contributed by atoms with Crippen LogP contribution in [0, 0.1) is 5.92 Å². The van der Waals surface area contributed by atoms with Crippen LogP contribution in [-0.4, -0.2) is 53.6 Å². The summed E-state index contributed by atoms with van der Waals surface area (Å²) in [5.74, 6) is 0.729. The number of alkyl carbamates (subject to hydrolysis) is 1. The summed E-state index contributed by atoms with van der Waals surface area (Å²) in [5.41, 5.74) is 3.61. The zero-order valence-electron chi connectivity index (χ0n) is 22.6. The Bertz CT molecular complexity index is 1100. The highest BCUT2D eigenvalue weighted by molar-refractivity contribution is 5.79.